The molecule has 0 saturated heterocycles. The van der Waals surface area contributed by atoms with Gasteiger partial charge >= 0.3 is 0 Å². The number of nitrogens with zero attached hydrogens (tertiary/aromatic N) is 2. The quantitative estimate of drug-likeness (QED) is 0.887. The topological polar surface area (TPSA) is 66.9 Å². The molecule has 1 amide bonds. The van der Waals surface area contributed by atoms with Crippen molar-refractivity contribution in [1.29, 1.82) is 0 Å². The van der Waals surface area contributed by atoms with E-state index in [1.54, 1.807) is 6.07 Å². The molecule has 106 valence electrons. The van der Waals surface area contributed by atoms with E-state index in [2.05, 4.69) is 20.8 Å². The first-order chi connectivity index (χ1) is 9.61. The number of benzene rings is 1. The van der Waals surface area contributed by atoms with Crippen LogP contribution in [0.5, 0.6) is 0 Å². The van der Waals surface area contributed by atoms with E-state index < -0.39 is 11.7 Å². The first-order valence-corrected chi connectivity index (χ1v) is 7.14. The second-order valence-electron chi connectivity index (χ2n) is 3.89. The monoisotopic (exact) mass is 314 g/mol. The fourth-order valence-electron chi connectivity index (χ4n) is 1.39. The maximum absolute atomic E-state index is 13.7. The number of aromatic nitrogens is 2. The van der Waals surface area contributed by atoms with Crippen LogP contribution in [0, 0.1) is 5.82 Å². The van der Waals surface area contributed by atoms with E-state index in [4.69, 9.17) is 11.6 Å². The Bertz CT molecular complexity index is 619. The van der Waals surface area contributed by atoms with Gasteiger partial charge in [0, 0.05) is 6.54 Å². The molecular weight excluding hydrogens is 303 g/mol. The summed E-state index contributed by atoms with van der Waals surface area (Å²) < 4.78 is 13.7. The summed E-state index contributed by atoms with van der Waals surface area (Å²) in [5.74, 6) is -1.19. The number of hydrogen-bond donors (Lipinski definition) is 2. The van der Waals surface area contributed by atoms with Gasteiger partial charge in [-0.1, -0.05) is 35.9 Å². The van der Waals surface area contributed by atoms with E-state index in [0.717, 1.165) is 24.3 Å². The minimum absolute atomic E-state index is 0.0146. The van der Waals surface area contributed by atoms with Gasteiger partial charge in [-0.15, -0.1) is 10.2 Å². The summed E-state index contributed by atoms with van der Waals surface area (Å²) in [6.07, 6.45) is 0.939. The predicted molar refractivity (Wildman–Crippen MR) is 78.1 cm³/mol. The van der Waals surface area contributed by atoms with Gasteiger partial charge in [0.15, 0.2) is 5.82 Å². The lowest BCUT2D eigenvalue weighted by Gasteiger charge is -2.04. The third kappa shape index (κ3) is 3.43. The maximum atomic E-state index is 13.7. The molecule has 0 atom stereocenters. The SMILES string of the molecule is CCCNc1nnc(C(=O)Nc2cccc(Cl)c2F)s1. The highest BCUT2D eigenvalue weighted by atomic mass is 35.5. The van der Waals surface area contributed by atoms with Gasteiger partial charge in [-0.25, -0.2) is 4.39 Å². The average Bonchev–Trinajstić information content (AvgIpc) is 2.90. The Kier molecular flexibility index (Phi) is 4.86. The molecule has 2 rings (SSSR count). The van der Waals surface area contributed by atoms with Crippen LogP contribution in [-0.4, -0.2) is 22.6 Å². The van der Waals surface area contributed by atoms with E-state index in [-0.39, 0.29) is 15.7 Å². The summed E-state index contributed by atoms with van der Waals surface area (Å²) in [7, 11) is 0. The molecule has 0 fully saturated rings. The van der Waals surface area contributed by atoms with Crippen molar-refractivity contribution in [1.82, 2.24) is 10.2 Å². The molecule has 0 radical (unpaired) electrons. The molecule has 2 aromatic rings. The molecule has 0 spiro atoms. The van der Waals surface area contributed by atoms with E-state index >= 15 is 0 Å². The number of amides is 1. The molecule has 0 aliphatic heterocycles. The van der Waals surface area contributed by atoms with Crippen molar-refractivity contribution in [2.75, 3.05) is 17.2 Å². The molecule has 0 aliphatic rings. The van der Waals surface area contributed by atoms with Crippen LogP contribution in [0.25, 0.3) is 0 Å². The van der Waals surface area contributed by atoms with Gasteiger partial charge in [0.2, 0.25) is 10.1 Å². The van der Waals surface area contributed by atoms with E-state index in [1.807, 2.05) is 6.92 Å². The summed E-state index contributed by atoms with van der Waals surface area (Å²) in [5.41, 5.74) is 0.0146. The zero-order valence-corrected chi connectivity index (χ0v) is 12.2. The third-order valence-electron chi connectivity index (χ3n) is 2.35. The highest BCUT2D eigenvalue weighted by Crippen LogP contribution is 2.23. The molecule has 0 unspecified atom stereocenters. The van der Waals surface area contributed by atoms with Crippen LogP contribution in [0.4, 0.5) is 15.2 Å². The van der Waals surface area contributed by atoms with Crippen LogP contribution in [0.2, 0.25) is 5.02 Å². The lowest BCUT2D eigenvalue weighted by Crippen LogP contribution is -2.12. The van der Waals surface area contributed by atoms with E-state index in [1.165, 1.54) is 12.1 Å². The predicted octanol–water partition coefficient (Wildman–Crippen LogP) is 3.40. The van der Waals surface area contributed by atoms with Crippen molar-refractivity contribution in [3.8, 4) is 0 Å². The molecule has 5 nitrogen and oxygen atoms in total. The van der Waals surface area contributed by atoms with Crippen LogP contribution < -0.4 is 10.6 Å². The van der Waals surface area contributed by atoms with E-state index in [9.17, 15) is 9.18 Å². The molecule has 0 aliphatic carbocycles. The van der Waals surface area contributed by atoms with Crippen molar-refractivity contribution < 1.29 is 9.18 Å². The Hall–Kier alpha value is -1.73. The van der Waals surface area contributed by atoms with Crippen LogP contribution in [0.15, 0.2) is 18.2 Å². The summed E-state index contributed by atoms with van der Waals surface area (Å²) >= 11 is 6.75. The molecule has 2 N–H and O–H groups in total. The Morgan fingerprint density at radius 2 is 2.25 bits per heavy atom. The lowest BCUT2D eigenvalue weighted by molar-refractivity contribution is 0.102. The minimum atomic E-state index is -0.670. The standard InChI is InChI=1S/C12H12ClFN4OS/c1-2-6-15-12-18-17-11(20-12)10(19)16-8-5-3-4-7(13)9(8)14/h3-5H,2,6H2,1H3,(H,15,18)(H,16,19). The molecule has 0 bridgehead atoms. The van der Waals surface area contributed by atoms with Crippen molar-refractivity contribution in [2.45, 2.75) is 13.3 Å². The minimum Gasteiger partial charge on any atom is -0.360 e. The van der Waals surface area contributed by atoms with Crippen LogP contribution in [-0.2, 0) is 0 Å². The normalized spacial score (nSPS) is 10.3. The Morgan fingerprint density at radius 3 is 3.00 bits per heavy atom. The van der Waals surface area contributed by atoms with Crippen molar-refractivity contribution in [3.05, 3.63) is 34.0 Å². The zero-order valence-electron chi connectivity index (χ0n) is 10.6. The second-order valence-corrected chi connectivity index (χ2v) is 5.28. The van der Waals surface area contributed by atoms with Gasteiger partial charge in [-0.3, -0.25) is 4.79 Å². The zero-order chi connectivity index (χ0) is 14.5. The highest BCUT2D eigenvalue weighted by Gasteiger charge is 2.15. The van der Waals surface area contributed by atoms with Crippen LogP contribution in [0.3, 0.4) is 0 Å². The number of rotatable bonds is 5. The molecule has 0 saturated carbocycles. The number of anilines is 2. The number of hydrogen-bond acceptors (Lipinski definition) is 5. The molecule has 20 heavy (non-hydrogen) atoms. The Morgan fingerprint density at radius 1 is 1.45 bits per heavy atom. The average molecular weight is 315 g/mol. The van der Waals surface area contributed by atoms with Crippen LogP contribution in [0.1, 0.15) is 23.1 Å². The summed E-state index contributed by atoms with van der Waals surface area (Å²) in [6, 6.07) is 4.38. The fourth-order valence-corrected chi connectivity index (χ4v) is 2.23. The van der Waals surface area contributed by atoms with E-state index in [0.29, 0.717) is 5.13 Å². The smallest absolute Gasteiger partial charge is 0.286 e. The number of halogens is 2. The van der Waals surface area contributed by atoms with Crippen molar-refractivity contribution in [2.24, 2.45) is 0 Å². The number of nitrogens with one attached hydrogen (secondary N) is 2. The molecular formula is C12H12ClFN4OS. The van der Waals surface area contributed by atoms with Gasteiger partial charge in [0.05, 0.1) is 10.7 Å². The third-order valence-corrected chi connectivity index (χ3v) is 3.52. The van der Waals surface area contributed by atoms with Gasteiger partial charge in [0.25, 0.3) is 5.91 Å². The summed E-state index contributed by atoms with van der Waals surface area (Å²) in [4.78, 5) is 11.9. The fraction of sp³-hybridized carbons (Fsp3) is 0.250. The molecule has 1 heterocycles. The number of carbonyl (C=O) groups is 1. The lowest BCUT2D eigenvalue weighted by atomic mass is 10.3. The summed E-state index contributed by atoms with van der Waals surface area (Å²) in [6.45, 7) is 2.77. The Balaban J connectivity index is 2.08. The van der Waals surface area contributed by atoms with Gasteiger partial charge < -0.3 is 10.6 Å². The molecule has 1 aromatic carbocycles. The largest absolute Gasteiger partial charge is 0.360 e. The highest BCUT2D eigenvalue weighted by molar-refractivity contribution is 7.17. The first-order valence-electron chi connectivity index (χ1n) is 5.94. The number of carbonyl (C=O) groups excluding carboxylic acids is 1. The van der Waals surface area contributed by atoms with Gasteiger partial charge in [-0.2, -0.15) is 0 Å². The van der Waals surface area contributed by atoms with Gasteiger partial charge in [0.1, 0.15) is 0 Å². The Labute approximate surface area is 124 Å². The first kappa shape index (κ1) is 14.7. The van der Waals surface area contributed by atoms with Gasteiger partial charge in [-0.05, 0) is 18.6 Å². The molecule has 8 heteroatoms. The molecule has 1 aromatic heterocycles. The van der Waals surface area contributed by atoms with Crippen molar-refractivity contribution in [3.63, 3.8) is 0 Å². The summed E-state index contributed by atoms with van der Waals surface area (Å²) in [5, 5.41) is 13.7. The maximum Gasteiger partial charge on any atom is 0.286 e. The van der Waals surface area contributed by atoms with Crippen LogP contribution >= 0.6 is 22.9 Å². The second kappa shape index (κ2) is 6.62. The van der Waals surface area contributed by atoms with Crippen molar-refractivity contribution >= 4 is 39.7 Å².